The van der Waals surface area contributed by atoms with Crippen LogP contribution in [0.3, 0.4) is 0 Å². The average molecular weight is 401 g/mol. The molecule has 1 aromatic heterocycles. The van der Waals surface area contributed by atoms with Gasteiger partial charge in [0.25, 0.3) is 0 Å². The molecule has 2 N–H and O–H groups in total. The Hall–Kier alpha value is -1.94. The molecule has 1 aromatic carbocycles. The highest BCUT2D eigenvalue weighted by atomic mass is 35.5. The third-order valence-corrected chi connectivity index (χ3v) is 5.51. The monoisotopic (exact) mass is 400 g/mol. The smallest absolute Gasteiger partial charge is 0.327 e. The summed E-state index contributed by atoms with van der Waals surface area (Å²) in [6.45, 7) is 0.908. The van der Waals surface area contributed by atoms with Gasteiger partial charge in [-0.1, -0.05) is 24.3 Å². The van der Waals surface area contributed by atoms with Crippen LogP contribution in [0.4, 0.5) is 0 Å². The standard InChI is InChI=1S/C16H20N4O4S.ClH/c1-24-16(21)11-20-10-13(8-18-20)25(22,23)19-9-15-14-5-3-2-4-12(14)6-7-17-15;/h2-5,8,10,15,17,19H,6-7,9,11H2,1H3;1H. The van der Waals surface area contributed by atoms with Gasteiger partial charge in [0.05, 0.1) is 13.3 Å². The van der Waals surface area contributed by atoms with Crippen molar-refractivity contribution in [1.29, 1.82) is 0 Å². The minimum Gasteiger partial charge on any atom is -0.468 e. The molecule has 8 nitrogen and oxygen atoms in total. The number of hydrogen-bond donors (Lipinski definition) is 2. The molecule has 1 unspecified atom stereocenters. The van der Waals surface area contributed by atoms with Crippen LogP contribution in [-0.4, -0.2) is 44.4 Å². The van der Waals surface area contributed by atoms with Crippen molar-refractivity contribution in [1.82, 2.24) is 19.8 Å². The van der Waals surface area contributed by atoms with Crippen LogP contribution >= 0.6 is 12.4 Å². The molecule has 0 saturated carbocycles. The molecule has 26 heavy (non-hydrogen) atoms. The largest absolute Gasteiger partial charge is 0.468 e. The first-order valence-electron chi connectivity index (χ1n) is 7.90. The number of halogens is 1. The lowest BCUT2D eigenvalue weighted by atomic mass is 9.95. The van der Waals surface area contributed by atoms with Crippen molar-refractivity contribution in [2.24, 2.45) is 0 Å². The normalized spacial score (nSPS) is 16.4. The fourth-order valence-corrected chi connectivity index (χ4v) is 3.82. The third kappa shape index (κ3) is 4.61. The van der Waals surface area contributed by atoms with Crippen molar-refractivity contribution in [3.05, 3.63) is 47.8 Å². The first-order chi connectivity index (χ1) is 12.0. The predicted octanol–water partition coefficient (Wildman–Crippen LogP) is 0.643. The Labute approximate surface area is 158 Å². The van der Waals surface area contributed by atoms with Gasteiger partial charge in [0, 0.05) is 18.8 Å². The first-order valence-corrected chi connectivity index (χ1v) is 9.38. The molecule has 142 valence electrons. The second kappa shape index (κ2) is 8.63. The van der Waals surface area contributed by atoms with Gasteiger partial charge in [-0.2, -0.15) is 5.10 Å². The molecule has 1 aliphatic rings. The van der Waals surface area contributed by atoms with Gasteiger partial charge >= 0.3 is 5.97 Å². The van der Waals surface area contributed by atoms with Crippen LogP contribution in [0.5, 0.6) is 0 Å². The molecule has 0 fully saturated rings. The fraction of sp³-hybridized carbons (Fsp3) is 0.375. The van der Waals surface area contributed by atoms with Gasteiger partial charge in [-0.15, -0.1) is 12.4 Å². The molecule has 0 radical (unpaired) electrons. The number of rotatable bonds is 6. The molecule has 0 bridgehead atoms. The topological polar surface area (TPSA) is 102 Å². The lowest BCUT2D eigenvalue weighted by Gasteiger charge is -2.27. The van der Waals surface area contributed by atoms with E-state index in [4.69, 9.17) is 0 Å². The molecule has 0 spiro atoms. The number of hydrogen-bond acceptors (Lipinski definition) is 6. The van der Waals surface area contributed by atoms with Gasteiger partial charge in [-0.05, 0) is 24.1 Å². The summed E-state index contributed by atoms with van der Waals surface area (Å²) in [5.74, 6) is -0.497. The Kier molecular flexibility index (Phi) is 6.76. The van der Waals surface area contributed by atoms with Crippen molar-refractivity contribution in [2.45, 2.75) is 23.9 Å². The van der Waals surface area contributed by atoms with Crippen LogP contribution in [0.25, 0.3) is 0 Å². The van der Waals surface area contributed by atoms with Crippen LogP contribution in [-0.2, 0) is 32.5 Å². The van der Waals surface area contributed by atoms with E-state index in [2.05, 4.69) is 25.9 Å². The van der Waals surface area contributed by atoms with Gasteiger partial charge < -0.3 is 10.1 Å². The van der Waals surface area contributed by atoms with E-state index >= 15 is 0 Å². The van der Waals surface area contributed by atoms with Crippen molar-refractivity contribution in [3.63, 3.8) is 0 Å². The average Bonchev–Trinajstić information content (AvgIpc) is 3.09. The summed E-state index contributed by atoms with van der Waals surface area (Å²) in [6, 6.07) is 7.93. The number of benzene rings is 1. The van der Waals surface area contributed by atoms with E-state index in [1.807, 2.05) is 18.2 Å². The van der Waals surface area contributed by atoms with Gasteiger partial charge in [-0.3, -0.25) is 9.48 Å². The van der Waals surface area contributed by atoms with Crippen LogP contribution in [0.1, 0.15) is 17.2 Å². The molecule has 3 rings (SSSR count). The van der Waals surface area contributed by atoms with Crippen LogP contribution in [0.2, 0.25) is 0 Å². The fourth-order valence-electron chi connectivity index (χ4n) is 2.82. The van der Waals surface area contributed by atoms with Crippen molar-refractivity contribution in [3.8, 4) is 0 Å². The molecule has 1 atom stereocenters. The summed E-state index contributed by atoms with van der Waals surface area (Å²) in [6.07, 6.45) is 3.45. The zero-order chi connectivity index (χ0) is 17.9. The Balaban J connectivity index is 0.00000243. The molecule has 0 saturated heterocycles. The van der Waals surface area contributed by atoms with E-state index in [1.54, 1.807) is 0 Å². The van der Waals surface area contributed by atoms with Crippen molar-refractivity contribution >= 4 is 28.4 Å². The zero-order valence-electron chi connectivity index (χ0n) is 14.2. The zero-order valence-corrected chi connectivity index (χ0v) is 15.8. The summed E-state index contributed by atoms with van der Waals surface area (Å²) in [5.41, 5.74) is 2.34. The highest BCUT2D eigenvalue weighted by molar-refractivity contribution is 7.89. The number of nitrogens with zero attached hydrogens (tertiary/aromatic N) is 2. The van der Waals surface area contributed by atoms with Crippen molar-refractivity contribution in [2.75, 3.05) is 20.2 Å². The summed E-state index contributed by atoms with van der Waals surface area (Å²) in [7, 11) is -2.45. The first kappa shape index (κ1) is 20.4. The number of methoxy groups -OCH3 is 1. The summed E-state index contributed by atoms with van der Waals surface area (Å²) in [5, 5.41) is 7.21. The summed E-state index contributed by atoms with van der Waals surface area (Å²) >= 11 is 0. The number of carbonyl (C=O) groups excluding carboxylic acids is 1. The number of aromatic nitrogens is 2. The molecule has 10 heteroatoms. The van der Waals surface area contributed by atoms with E-state index in [9.17, 15) is 13.2 Å². The molecular formula is C16H21ClN4O4S. The SMILES string of the molecule is COC(=O)Cn1cc(S(=O)(=O)NCC2NCCc3ccccc32)cn1.Cl. The van der Waals surface area contributed by atoms with Gasteiger partial charge in [0.1, 0.15) is 11.4 Å². The quantitative estimate of drug-likeness (QED) is 0.690. The number of ether oxygens (including phenoxy) is 1. The van der Waals surface area contributed by atoms with E-state index in [0.29, 0.717) is 0 Å². The van der Waals surface area contributed by atoms with Crippen molar-refractivity contribution < 1.29 is 17.9 Å². The number of carbonyl (C=O) groups is 1. The van der Waals surface area contributed by atoms with E-state index in [0.717, 1.165) is 18.5 Å². The number of nitrogens with one attached hydrogen (secondary N) is 2. The molecule has 0 amide bonds. The minimum atomic E-state index is -3.71. The lowest BCUT2D eigenvalue weighted by molar-refractivity contribution is -0.141. The molecule has 2 heterocycles. The maximum atomic E-state index is 12.4. The molecular weight excluding hydrogens is 380 g/mol. The second-order valence-corrected chi connectivity index (χ2v) is 7.52. The number of esters is 1. The van der Waals surface area contributed by atoms with Gasteiger partial charge in [-0.25, -0.2) is 13.1 Å². The second-order valence-electron chi connectivity index (χ2n) is 5.76. The summed E-state index contributed by atoms with van der Waals surface area (Å²) in [4.78, 5) is 11.2. The van der Waals surface area contributed by atoms with Gasteiger partial charge in [0.15, 0.2) is 0 Å². The Morgan fingerprint density at radius 2 is 2.19 bits per heavy atom. The minimum absolute atomic E-state index is 0. The lowest BCUT2D eigenvalue weighted by Crippen LogP contribution is -2.38. The highest BCUT2D eigenvalue weighted by Gasteiger charge is 2.23. The van der Waals surface area contributed by atoms with E-state index in [1.165, 1.54) is 29.7 Å². The Bertz CT molecular complexity index is 869. The Morgan fingerprint density at radius 1 is 1.42 bits per heavy atom. The maximum absolute atomic E-state index is 12.4. The predicted molar refractivity (Wildman–Crippen MR) is 97.6 cm³/mol. The van der Waals surface area contributed by atoms with E-state index < -0.39 is 16.0 Å². The van der Waals surface area contributed by atoms with Crippen LogP contribution in [0.15, 0.2) is 41.6 Å². The summed E-state index contributed by atoms with van der Waals surface area (Å²) < 4.78 is 33.3. The van der Waals surface area contributed by atoms with E-state index in [-0.39, 0.29) is 36.4 Å². The number of fused-ring (bicyclic) bond motifs is 1. The molecule has 0 aliphatic carbocycles. The van der Waals surface area contributed by atoms with Gasteiger partial charge in [0.2, 0.25) is 10.0 Å². The highest BCUT2D eigenvalue weighted by Crippen LogP contribution is 2.22. The third-order valence-electron chi connectivity index (χ3n) is 4.13. The van der Waals surface area contributed by atoms with Crippen LogP contribution < -0.4 is 10.0 Å². The Morgan fingerprint density at radius 3 is 2.96 bits per heavy atom. The number of sulfonamides is 1. The molecule has 1 aliphatic heterocycles. The molecule has 2 aromatic rings. The maximum Gasteiger partial charge on any atom is 0.327 e. The van der Waals surface area contributed by atoms with Crippen LogP contribution in [0, 0.1) is 0 Å².